The van der Waals surface area contributed by atoms with E-state index in [-0.39, 0.29) is 18.6 Å². The number of carbonyl (C=O) groups is 3. The van der Waals surface area contributed by atoms with Crippen molar-refractivity contribution in [3.05, 3.63) is 36.0 Å². The van der Waals surface area contributed by atoms with Crippen molar-refractivity contribution in [3.63, 3.8) is 0 Å². The zero-order chi connectivity index (χ0) is 19.5. The van der Waals surface area contributed by atoms with Crippen LogP contribution in [-0.4, -0.2) is 40.6 Å². The maximum atomic E-state index is 12.6. The third kappa shape index (κ3) is 4.91. The van der Waals surface area contributed by atoms with Crippen LogP contribution in [0.3, 0.4) is 0 Å². The fourth-order valence-electron chi connectivity index (χ4n) is 3.31. The summed E-state index contributed by atoms with van der Waals surface area (Å²) < 4.78 is 10.6. The molecule has 0 bridgehead atoms. The maximum absolute atomic E-state index is 12.6. The monoisotopic (exact) mass is 362 g/mol. The number of carbonyl (C=O) groups excluding carboxylic acids is 3. The summed E-state index contributed by atoms with van der Waals surface area (Å²) in [6.07, 6.45) is 7.75. The zero-order valence-electron chi connectivity index (χ0n) is 15.7. The fourth-order valence-corrected chi connectivity index (χ4v) is 3.31. The van der Waals surface area contributed by atoms with Crippen LogP contribution in [0.25, 0.3) is 0 Å². The molecule has 1 fully saturated rings. The number of esters is 2. The van der Waals surface area contributed by atoms with E-state index in [1.165, 1.54) is 13.0 Å². The Kier molecular flexibility index (Phi) is 5.86. The molecule has 2 rings (SSSR count). The van der Waals surface area contributed by atoms with Crippen LogP contribution >= 0.6 is 0 Å². The van der Waals surface area contributed by atoms with Gasteiger partial charge in [0, 0.05) is 13.3 Å². The van der Waals surface area contributed by atoms with Crippen LogP contribution in [0.5, 0.6) is 0 Å². The molecular formula is C20H26O6. The van der Waals surface area contributed by atoms with Crippen LogP contribution in [-0.2, 0) is 23.9 Å². The van der Waals surface area contributed by atoms with E-state index in [1.54, 1.807) is 32.1 Å². The van der Waals surface area contributed by atoms with Gasteiger partial charge in [-0.15, -0.1) is 0 Å². The highest BCUT2D eigenvalue weighted by atomic mass is 16.6. The Labute approximate surface area is 153 Å². The van der Waals surface area contributed by atoms with E-state index in [1.807, 2.05) is 13.0 Å². The molecule has 1 spiro atoms. The minimum Gasteiger partial charge on any atom is -0.458 e. The van der Waals surface area contributed by atoms with E-state index in [0.29, 0.717) is 6.42 Å². The van der Waals surface area contributed by atoms with Crippen LogP contribution in [0.4, 0.5) is 0 Å². The second-order valence-corrected chi connectivity index (χ2v) is 7.59. The van der Waals surface area contributed by atoms with Gasteiger partial charge >= 0.3 is 11.9 Å². The smallest absolute Gasteiger partial charge is 0.307 e. The number of aliphatic hydroxyl groups is 1. The first kappa shape index (κ1) is 20.1. The molecule has 0 saturated carbocycles. The summed E-state index contributed by atoms with van der Waals surface area (Å²) in [7, 11) is 0. The molecule has 1 saturated heterocycles. The summed E-state index contributed by atoms with van der Waals surface area (Å²) in [6, 6.07) is 0. The van der Waals surface area contributed by atoms with Gasteiger partial charge in [0.05, 0.1) is 17.4 Å². The summed E-state index contributed by atoms with van der Waals surface area (Å²) in [6.45, 7) is 6.54. The molecule has 2 aliphatic rings. The average molecular weight is 362 g/mol. The van der Waals surface area contributed by atoms with E-state index >= 15 is 0 Å². The highest BCUT2D eigenvalue weighted by Gasteiger charge is 2.55. The third-order valence-corrected chi connectivity index (χ3v) is 4.50. The predicted octanol–water partition coefficient (Wildman–Crippen LogP) is 2.41. The Balaban J connectivity index is 2.21. The van der Waals surface area contributed by atoms with Crippen molar-refractivity contribution in [1.82, 2.24) is 0 Å². The highest BCUT2D eigenvalue weighted by Crippen LogP contribution is 2.45. The second-order valence-electron chi connectivity index (χ2n) is 7.59. The minimum atomic E-state index is -1.03. The number of allylic oxidation sites excluding steroid dienone is 3. The van der Waals surface area contributed by atoms with Crippen molar-refractivity contribution in [3.8, 4) is 0 Å². The SMILES string of the molecule is CC(=O)O[C@@H]1C=CC(=O)[C@@]2(CC(=O)O[C@@H]2C=C(C)C/C=C/C(C)(C)O)C1. The predicted molar refractivity (Wildman–Crippen MR) is 95.1 cm³/mol. The molecule has 26 heavy (non-hydrogen) atoms. The molecule has 142 valence electrons. The van der Waals surface area contributed by atoms with Gasteiger partial charge in [0.25, 0.3) is 0 Å². The molecule has 1 heterocycles. The molecule has 0 aromatic rings. The summed E-state index contributed by atoms with van der Waals surface area (Å²) in [5.41, 5.74) is -1.02. The topological polar surface area (TPSA) is 89.9 Å². The van der Waals surface area contributed by atoms with Crippen molar-refractivity contribution in [2.24, 2.45) is 5.41 Å². The standard InChI is InChI=1S/C20H26O6/c1-13(6-5-9-19(3,4)24)10-17-20(12-18(23)26-17)11-15(25-14(2)21)7-8-16(20)22/h5,7-10,15,17,24H,6,11-12H2,1-4H3/b9-5+,13-10?/t15-,17-,20+/m1/s1. The van der Waals surface area contributed by atoms with Gasteiger partial charge in [0.15, 0.2) is 5.78 Å². The van der Waals surface area contributed by atoms with Crippen LogP contribution < -0.4 is 0 Å². The van der Waals surface area contributed by atoms with Crippen LogP contribution in [0.1, 0.15) is 47.0 Å². The van der Waals surface area contributed by atoms with E-state index in [2.05, 4.69) is 0 Å². The first-order valence-electron chi connectivity index (χ1n) is 8.68. The van der Waals surface area contributed by atoms with Gasteiger partial charge < -0.3 is 14.6 Å². The second kappa shape index (κ2) is 7.58. The first-order valence-corrected chi connectivity index (χ1v) is 8.68. The molecule has 6 heteroatoms. The molecule has 0 radical (unpaired) electrons. The normalized spacial score (nSPS) is 29.5. The van der Waals surface area contributed by atoms with Gasteiger partial charge in [-0.3, -0.25) is 14.4 Å². The lowest BCUT2D eigenvalue weighted by Gasteiger charge is -2.34. The zero-order valence-corrected chi connectivity index (χ0v) is 15.7. The lowest BCUT2D eigenvalue weighted by molar-refractivity contribution is -0.148. The lowest BCUT2D eigenvalue weighted by atomic mass is 9.69. The maximum Gasteiger partial charge on any atom is 0.307 e. The van der Waals surface area contributed by atoms with Crippen molar-refractivity contribution in [2.75, 3.05) is 0 Å². The van der Waals surface area contributed by atoms with Crippen molar-refractivity contribution < 1.29 is 29.0 Å². The molecule has 1 aliphatic carbocycles. The average Bonchev–Trinajstić information content (AvgIpc) is 2.77. The quantitative estimate of drug-likeness (QED) is 0.597. The van der Waals surface area contributed by atoms with Gasteiger partial charge in [-0.2, -0.15) is 0 Å². The molecule has 0 aromatic carbocycles. The molecule has 1 aliphatic heterocycles. The van der Waals surface area contributed by atoms with Gasteiger partial charge in [0.1, 0.15) is 12.2 Å². The Bertz CT molecular complexity index is 679. The Morgan fingerprint density at radius 2 is 2.12 bits per heavy atom. The van der Waals surface area contributed by atoms with Crippen molar-refractivity contribution in [1.29, 1.82) is 0 Å². The van der Waals surface area contributed by atoms with Gasteiger partial charge in [-0.25, -0.2) is 0 Å². The van der Waals surface area contributed by atoms with Gasteiger partial charge in [-0.05, 0) is 45.4 Å². The number of rotatable bonds is 5. The summed E-state index contributed by atoms with van der Waals surface area (Å²) in [5.74, 6) is -1.06. The first-order chi connectivity index (χ1) is 12.0. The van der Waals surface area contributed by atoms with Crippen molar-refractivity contribution in [2.45, 2.75) is 64.8 Å². The van der Waals surface area contributed by atoms with E-state index in [9.17, 15) is 19.5 Å². The summed E-state index contributed by atoms with van der Waals surface area (Å²) in [4.78, 5) is 35.8. The Morgan fingerprint density at radius 3 is 2.73 bits per heavy atom. The van der Waals surface area contributed by atoms with Crippen LogP contribution in [0.2, 0.25) is 0 Å². The Hall–Kier alpha value is -2.21. The molecule has 1 N–H and O–H groups in total. The molecule has 0 aromatic heterocycles. The molecular weight excluding hydrogens is 336 g/mol. The van der Waals surface area contributed by atoms with Crippen LogP contribution in [0.15, 0.2) is 36.0 Å². The third-order valence-electron chi connectivity index (χ3n) is 4.50. The largest absolute Gasteiger partial charge is 0.458 e. The number of cyclic esters (lactones) is 1. The number of hydrogen-bond acceptors (Lipinski definition) is 6. The number of ether oxygens (including phenoxy) is 2. The molecule has 0 unspecified atom stereocenters. The van der Waals surface area contributed by atoms with E-state index < -0.39 is 35.2 Å². The van der Waals surface area contributed by atoms with E-state index in [0.717, 1.165) is 5.57 Å². The van der Waals surface area contributed by atoms with E-state index in [4.69, 9.17) is 9.47 Å². The van der Waals surface area contributed by atoms with Gasteiger partial charge in [-0.1, -0.05) is 17.7 Å². The molecule has 3 atom stereocenters. The van der Waals surface area contributed by atoms with Crippen LogP contribution in [0, 0.1) is 5.41 Å². The highest BCUT2D eigenvalue weighted by molar-refractivity contribution is 6.00. The molecule has 0 amide bonds. The summed E-state index contributed by atoms with van der Waals surface area (Å²) >= 11 is 0. The summed E-state index contributed by atoms with van der Waals surface area (Å²) in [5, 5.41) is 9.71. The number of hydrogen-bond donors (Lipinski definition) is 1. The number of ketones is 1. The fraction of sp³-hybridized carbons (Fsp3) is 0.550. The lowest BCUT2D eigenvalue weighted by Crippen LogP contribution is -2.43. The van der Waals surface area contributed by atoms with Crippen molar-refractivity contribution >= 4 is 17.7 Å². The van der Waals surface area contributed by atoms with Gasteiger partial charge in [0.2, 0.25) is 0 Å². The molecule has 6 nitrogen and oxygen atoms in total. The minimum absolute atomic E-state index is 0.0259. The Morgan fingerprint density at radius 1 is 1.42 bits per heavy atom.